The summed E-state index contributed by atoms with van der Waals surface area (Å²) in [6.45, 7) is 5.57. The SMILES string of the molecule is CC(C)(C)OC(=O)NCc1cccc(C(=O)c2ccccc2)c1N. The number of nitrogens with two attached hydrogens (primary N) is 1. The summed E-state index contributed by atoms with van der Waals surface area (Å²) in [5, 5.41) is 2.65. The number of nitrogens with one attached hydrogen (secondary N) is 1. The first-order valence-electron chi connectivity index (χ1n) is 7.72. The van der Waals surface area contributed by atoms with Crippen molar-refractivity contribution in [3.05, 3.63) is 65.2 Å². The van der Waals surface area contributed by atoms with E-state index < -0.39 is 11.7 Å². The number of carbonyl (C=O) groups is 2. The maximum atomic E-state index is 12.6. The molecular formula is C19H22N2O3. The van der Waals surface area contributed by atoms with Gasteiger partial charge in [-0.3, -0.25) is 4.79 Å². The number of benzene rings is 2. The minimum atomic E-state index is -0.569. The smallest absolute Gasteiger partial charge is 0.407 e. The van der Waals surface area contributed by atoms with Crippen LogP contribution in [0.1, 0.15) is 42.3 Å². The monoisotopic (exact) mass is 326 g/mol. The summed E-state index contributed by atoms with van der Waals surface area (Å²) >= 11 is 0. The molecule has 0 aliphatic heterocycles. The molecule has 0 aliphatic carbocycles. The Balaban J connectivity index is 2.14. The number of nitrogen functional groups attached to an aromatic ring is 1. The van der Waals surface area contributed by atoms with E-state index in [1.54, 1.807) is 63.2 Å². The molecule has 0 aromatic heterocycles. The normalized spacial score (nSPS) is 11.0. The van der Waals surface area contributed by atoms with Crippen LogP contribution >= 0.6 is 0 Å². The van der Waals surface area contributed by atoms with Gasteiger partial charge in [0.1, 0.15) is 5.60 Å². The average Bonchev–Trinajstić information content (AvgIpc) is 2.52. The highest BCUT2D eigenvalue weighted by atomic mass is 16.6. The number of anilines is 1. The molecule has 5 nitrogen and oxygen atoms in total. The van der Waals surface area contributed by atoms with E-state index in [0.29, 0.717) is 22.4 Å². The van der Waals surface area contributed by atoms with Gasteiger partial charge in [0.25, 0.3) is 0 Å². The van der Waals surface area contributed by atoms with Crippen molar-refractivity contribution in [2.45, 2.75) is 32.9 Å². The van der Waals surface area contributed by atoms with Gasteiger partial charge < -0.3 is 15.8 Å². The van der Waals surface area contributed by atoms with Crippen LogP contribution in [-0.2, 0) is 11.3 Å². The van der Waals surface area contributed by atoms with E-state index >= 15 is 0 Å². The first kappa shape index (κ1) is 17.5. The lowest BCUT2D eigenvalue weighted by atomic mass is 9.99. The third kappa shape index (κ3) is 4.59. The van der Waals surface area contributed by atoms with Crippen LogP contribution in [0.25, 0.3) is 0 Å². The lowest BCUT2D eigenvalue weighted by Gasteiger charge is -2.20. The van der Waals surface area contributed by atoms with Gasteiger partial charge >= 0.3 is 6.09 Å². The number of alkyl carbamates (subject to hydrolysis) is 1. The van der Waals surface area contributed by atoms with Crippen molar-refractivity contribution < 1.29 is 14.3 Å². The molecule has 24 heavy (non-hydrogen) atoms. The topological polar surface area (TPSA) is 81.4 Å². The highest BCUT2D eigenvalue weighted by Gasteiger charge is 2.17. The van der Waals surface area contributed by atoms with Gasteiger partial charge in [-0.05, 0) is 32.4 Å². The molecule has 2 rings (SSSR count). The van der Waals surface area contributed by atoms with Gasteiger partial charge in [-0.1, -0.05) is 42.5 Å². The second-order valence-electron chi connectivity index (χ2n) is 6.43. The molecule has 0 unspecified atom stereocenters. The molecule has 0 fully saturated rings. The summed E-state index contributed by atoms with van der Waals surface area (Å²) in [4.78, 5) is 24.3. The number of para-hydroxylation sites is 1. The molecule has 0 spiro atoms. The number of ketones is 1. The average molecular weight is 326 g/mol. The zero-order valence-corrected chi connectivity index (χ0v) is 14.1. The second kappa shape index (κ2) is 7.17. The quantitative estimate of drug-likeness (QED) is 0.665. The van der Waals surface area contributed by atoms with Crippen LogP contribution in [0, 0.1) is 0 Å². The Morgan fingerprint density at radius 2 is 1.71 bits per heavy atom. The van der Waals surface area contributed by atoms with Gasteiger partial charge in [-0.2, -0.15) is 0 Å². The van der Waals surface area contributed by atoms with E-state index in [-0.39, 0.29) is 12.3 Å². The van der Waals surface area contributed by atoms with Crippen molar-refractivity contribution in [2.24, 2.45) is 0 Å². The number of rotatable bonds is 4. The molecule has 0 atom stereocenters. The van der Waals surface area contributed by atoms with Gasteiger partial charge in [0.15, 0.2) is 5.78 Å². The van der Waals surface area contributed by atoms with Gasteiger partial charge in [0.05, 0.1) is 0 Å². The molecule has 0 heterocycles. The number of amides is 1. The number of hydrogen-bond acceptors (Lipinski definition) is 4. The Kier molecular flexibility index (Phi) is 5.24. The summed E-state index contributed by atoms with van der Waals surface area (Å²) in [6.07, 6.45) is -0.526. The predicted molar refractivity (Wildman–Crippen MR) is 93.8 cm³/mol. The molecule has 0 aliphatic rings. The number of hydrogen-bond donors (Lipinski definition) is 2. The standard InChI is InChI=1S/C19H22N2O3/c1-19(2,3)24-18(23)21-12-14-10-7-11-15(16(14)20)17(22)13-8-5-4-6-9-13/h4-11H,12,20H2,1-3H3,(H,21,23). The molecule has 3 N–H and O–H groups in total. The lowest BCUT2D eigenvalue weighted by molar-refractivity contribution is 0.0523. The van der Waals surface area contributed by atoms with Crippen molar-refractivity contribution >= 4 is 17.6 Å². The fraction of sp³-hybridized carbons (Fsp3) is 0.263. The lowest BCUT2D eigenvalue weighted by Crippen LogP contribution is -2.32. The van der Waals surface area contributed by atoms with Gasteiger partial charge in [0, 0.05) is 23.4 Å². The van der Waals surface area contributed by atoms with E-state index in [1.165, 1.54) is 0 Å². The highest BCUT2D eigenvalue weighted by Crippen LogP contribution is 2.21. The van der Waals surface area contributed by atoms with Crippen molar-refractivity contribution in [3.63, 3.8) is 0 Å². The Labute approximate surface area is 141 Å². The van der Waals surface area contributed by atoms with E-state index in [2.05, 4.69) is 5.32 Å². The maximum Gasteiger partial charge on any atom is 0.407 e. The van der Waals surface area contributed by atoms with Gasteiger partial charge in [-0.15, -0.1) is 0 Å². The Morgan fingerprint density at radius 1 is 1.04 bits per heavy atom. The van der Waals surface area contributed by atoms with Crippen molar-refractivity contribution in [2.75, 3.05) is 5.73 Å². The van der Waals surface area contributed by atoms with E-state index in [4.69, 9.17) is 10.5 Å². The van der Waals surface area contributed by atoms with Gasteiger partial charge in [-0.25, -0.2) is 4.79 Å². The van der Waals surface area contributed by atoms with Crippen molar-refractivity contribution in [3.8, 4) is 0 Å². The highest BCUT2D eigenvalue weighted by molar-refractivity contribution is 6.12. The van der Waals surface area contributed by atoms with Gasteiger partial charge in [0.2, 0.25) is 0 Å². The Morgan fingerprint density at radius 3 is 2.33 bits per heavy atom. The van der Waals surface area contributed by atoms with Crippen LogP contribution < -0.4 is 11.1 Å². The molecule has 2 aromatic carbocycles. The van der Waals surface area contributed by atoms with Crippen molar-refractivity contribution in [1.29, 1.82) is 0 Å². The Hall–Kier alpha value is -2.82. The third-order valence-corrected chi connectivity index (χ3v) is 3.30. The van der Waals surface area contributed by atoms with E-state index in [1.807, 2.05) is 6.07 Å². The molecule has 5 heteroatoms. The fourth-order valence-electron chi connectivity index (χ4n) is 2.19. The molecule has 126 valence electrons. The van der Waals surface area contributed by atoms with Crippen molar-refractivity contribution in [1.82, 2.24) is 5.32 Å². The predicted octanol–water partition coefficient (Wildman–Crippen LogP) is 3.52. The summed E-state index contributed by atoms with van der Waals surface area (Å²) in [5.74, 6) is -0.146. The van der Waals surface area contributed by atoms with Crippen LogP contribution in [0.2, 0.25) is 0 Å². The number of ether oxygens (including phenoxy) is 1. The number of carbonyl (C=O) groups excluding carboxylic acids is 2. The molecule has 0 saturated carbocycles. The molecule has 1 amide bonds. The molecule has 0 radical (unpaired) electrons. The fourth-order valence-corrected chi connectivity index (χ4v) is 2.19. The van der Waals surface area contributed by atoms with Crippen LogP contribution in [-0.4, -0.2) is 17.5 Å². The van der Waals surface area contributed by atoms with Crippen LogP contribution in [0.3, 0.4) is 0 Å². The third-order valence-electron chi connectivity index (χ3n) is 3.30. The maximum absolute atomic E-state index is 12.6. The molecular weight excluding hydrogens is 304 g/mol. The molecule has 0 saturated heterocycles. The summed E-state index contributed by atoms with van der Waals surface area (Å²) in [6, 6.07) is 14.1. The zero-order chi connectivity index (χ0) is 17.7. The first-order chi connectivity index (χ1) is 11.3. The molecule has 2 aromatic rings. The second-order valence-corrected chi connectivity index (χ2v) is 6.43. The van der Waals surface area contributed by atoms with Crippen LogP contribution in [0.4, 0.5) is 10.5 Å². The summed E-state index contributed by atoms with van der Waals surface area (Å²) < 4.78 is 5.19. The van der Waals surface area contributed by atoms with Crippen LogP contribution in [0.15, 0.2) is 48.5 Å². The minimum Gasteiger partial charge on any atom is -0.444 e. The zero-order valence-electron chi connectivity index (χ0n) is 14.1. The summed E-state index contributed by atoms with van der Waals surface area (Å²) in [7, 11) is 0. The minimum absolute atomic E-state index is 0.146. The first-order valence-corrected chi connectivity index (χ1v) is 7.72. The largest absolute Gasteiger partial charge is 0.444 e. The summed E-state index contributed by atoms with van der Waals surface area (Å²) in [5.41, 5.74) is 7.58. The van der Waals surface area contributed by atoms with Crippen LogP contribution in [0.5, 0.6) is 0 Å². The van der Waals surface area contributed by atoms with E-state index in [0.717, 1.165) is 0 Å². The Bertz CT molecular complexity index is 734. The van der Waals surface area contributed by atoms with E-state index in [9.17, 15) is 9.59 Å². The molecule has 0 bridgehead atoms.